The summed E-state index contributed by atoms with van der Waals surface area (Å²) in [6.07, 6.45) is 2.08. The molecule has 2 aromatic rings. The average Bonchev–Trinajstić information content (AvgIpc) is 3.24. The van der Waals surface area contributed by atoms with Gasteiger partial charge in [0.25, 0.3) is 5.91 Å². The highest BCUT2D eigenvalue weighted by Gasteiger charge is 2.16. The van der Waals surface area contributed by atoms with Gasteiger partial charge in [-0.3, -0.25) is 14.9 Å². The first-order chi connectivity index (χ1) is 14.5. The number of anilines is 1. The Kier molecular flexibility index (Phi) is 7.98. The van der Waals surface area contributed by atoms with Gasteiger partial charge in [-0.2, -0.15) is 0 Å². The Hall–Kier alpha value is -2.71. The standard InChI is InChI=1S/C22H25BrN4O3/c1-15(28)24-13-16-7-9-17(10-8-16)21(29)27-22(25-14-20-6-3-11-30-20)26-19-5-2-4-18(23)12-19/h2,4-5,7-10,12,20H,3,6,11,13-14H2,1H3,(H,24,28)(H2,25,26,27,29)/t20-/m1/s1. The van der Waals surface area contributed by atoms with Gasteiger partial charge in [0.15, 0.2) is 0 Å². The molecule has 3 rings (SSSR count). The van der Waals surface area contributed by atoms with Crippen molar-refractivity contribution >= 4 is 39.4 Å². The van der Waals surface area contributed by atoms with Gasteiger partial charge in [0.2, 0.25) is 11.9 Å². The summed E-state index contributed by atoms with van der Waals surface area (Å²) >= 11 is 3.45. The van der Waals surface area contributed by atoms with E-state index in [1.165, 1.54) is 6.92 Å². The van der Waals surface area contributed by atoms with Gasteiger partial charge in [0, 0.05) is 35.8 Å². The minimum absolute atomic E-state index is 0.0780. The summed E-state index contributed by atoms with van der Waals surface area (Å²) in [5, 5.41) is 8.76. The minimum Gasteiger partial charge on any atom is -0.376 e. The van der Waals surface area contributed by atoms with Crippen molar-refractivity contribution in [2.45, 2.75) is 32.4 Å². The highest BCUT2D eigenvalue weighted by molar-refractivity contribution is 9.10. The van der Waals surface area contributed by atoms with Crippen LogP contribution in [0.1, 0.15) is 35.7 Å². The third-order valence-electron chi connectivity index (χ3n) is 4.55. The Balaban J connectivity index is 1.68. The van der Waals surface area contributed by atoms with Gasteiger partial charge in [-0.25, -0.2) is 4.99 Å². The second kappa shape index (κ2) is 10.9. The van der Waals surface area contributed by atoms with E-state index >= 15 is 0 Å². The maximum Gasteiger partial charge on any atom is 0.257 e. The molecule has 1 saturated heterocycles. The zero-order chi connectivity index (χ0) is 21.3. The molecule has 158 valence electrons. The van der Waals surface area contributed by atoms with Crippen molar-refractivity contribution in [3.05, 3.63) is 64.1 Å². The smallest absolute Gasteiger partial charge is 0.257 e. The Morgan fingerprint density at radius 1 is 1.20 bits per heavy atom. The quantitative estimate of drug-likeness (QED) is 0.443. The molecule has 3 N–H and O–H groups in total. The number of hydrogen-bond donors (Lipinski definition) is 3. The number of nitrogens with one attached hydrogen (secondary N) is 3. The fourth-order valence-electron chi connectivity index (χ4n) is 2.97. The first-order valence-corrected chi connectivity index (χ1v) is 10.6. The van der Waals surface area contributed by atoms with Crippen molar-refractivity contribution in [2.75, 3.05) is 18.5 Å². The molecule has 2 aromatic carbocycles. The molecule has 7 nitrogen and oxygen atoms in total. The van der Waals surface area contributed by atoms with Crippen LogP contribution in [-0.4, -0.2) is 37.0 Å². The van der Waals surface area contributed by atoms with Gasteiger partial charge < -0.3 is 15.4 Å². The molecule has 0 aliphatic carbocycles. The number of nitrogens with zero attached hydrogens (tertiary/aromatic N) is 1. The summed E-state index contributed by atoms with van der Waals surface area (Å²) in [6.45, 7) is 3.13. The number of amides is 2. The van der Waals surface area contributed by atoms with E-state index in [1.807, 2.05) is 36.4 Å². The van der Waals surface area contributed by atoms with Gasteiger partial charge in [-0.05, 0) is 48.7 Å². The molecule has 0 unspecified atom stereocenters. The van der Waals surface area contributed by atoms with E-state index in [1.54, 1.807) is 12.1 Å². The van der Waals surface area contributed by atoms with Crippen molar-refractivity contribution < 1.29 is 14.3 Å². The van der Waals surface area contributed by atoms with E-state index in [0.717, 1.165) is 35.2 Å². The topological polar surface area (TPSA) is 91.8 Å². The summed E-state index contributed by atoms with van der Waals surface area (Å²) in [4.78, 5) is 28.3. The average molecular weight is 473 g/mol. The fraction of sp³-hybridized carbons (Fsp3) is 0.318. The lowest BCUT2D eigenvalue weighted by Crippen LogP contribution is -2.36. The van der Waals surface area contributed by atoms with Crippen molar-refractivity contribution in [1.82, 2.24) is 10.6 Å². The van der Waals surface area contributed by atoms with Crippen LogP contribution in [0.25, 0.3) is 0 Å². The number of aliphatic imine (C=N–C) groups is 1. The Labute approximate surface area is 184 Å². The number of ether oxygens (including phenoxy) is 1. The third kappa shape index (κ3) is 6.96. The molecule has 8 heteroatoms. The van der Waals surface area contributed by atoms with Gasteiger partial charge in [-0.15, -0.1) is 0 Å². The van der Waals surface area contributed by atoms with E-state index in [4.69, 9.17) is 4.74 Å². The number of carbonyl (C=O) groups is 2. The molecular weight excluding hydrogens is 448 g/mol. The van der Waals surface area contributed by atoms with Crippen LogP contribution in [-0.2, 0) is 16.1 Å². The summed E-state index contributed by atoms with van der Waals surface area (Å²) in [5.74, 6) is 0.00752. The van der Waals surface area contributed by atoms with E-state index in [9.17, 15) is 9.59 Å². The molecule has 0 saturated carbocycles. The predicted octanol–water partition coefficient (Wildman–Crippen LogP) is 3.46. The van der Waals surface area contributed by atoms with Gasteiger partial charge >= 0.3 is 0 Å². The second-order valence-corrected chi connectivity index (χ2v) is 7.94. The summed E-state index contributed by atoms with van der Waals surface area (Å²) in [6, 6.07) is 14.7. The molecule has 1 fully saturated rings. The van der Waals surface area contributed by atoms with Crippen LogP contribution in [0.4, 0.5) is 5.69 Å². The second-order valence-electron chi connectivity index (χ2n) is 7.02. The maximum atomic E-state index is 12.7. The van der Waals surface area contributed by atoms with Crippen molar-refractivity contribution in [1.29, 1.82) is 0 Å². The minimum atomic E-state index is -0.269. The number of halogens is 1. The summed E-state index contributed by atoms with van der Waals surface area (Å²) < 4.78 is 6.55. The molecule has 1 atom stereocenters. The lowest BCUT2D eigenvalue weighted by atomic mass is 10.1. The van der Waals surface area contributed by atoms with Crippen molar-refractivity contribution in [3.8, 4) is 0 Å². The number of hydrogen-bond acceptors (Lipinski definition) is 4. The Morgan fingerprint density at radius 3 is 2.67 bits per heavy atom. The number of carbonyl (C=O) groups excluding carboxylic acids is 2. The number of guanidine groups is 1. The van der Waals surface area contributed by atoms with E-state index in [2.05, 4.69) is 36.9 Å². The molecule has 0 spiro atoms. The zero-order valence-electron chi connectivity index (χ0n) is 16.8. The maximum absolute atomic E-state index is 12.7. The van der Waals surface area contributed by atoms with Crippen LogP contribution in [0.5, 0.6) is 0 Å². The van der Waals surface area contributed by atoms with Crippen LogP contribution >= 0.6 is 15.9 Å². The van der Waals surface area contributed by atoms with Gasteiger partial charge in [0.05, 0.1) is 12.6 Å². The van der Waals surface area contributed by atoms with E-state index in [-0.39, 0.29) is 17.9 Å². The van der Waals surface area contributed by atoms with Gasteiger partial charge in [-0.1, -0.05) is 34.1 Å². The molecule has 1 heterocycles. The van der Waals surface area contributed by atoms with Crippen LogP contribution < -0.4 is 16.0 Å². The lowest BCUT2D eigenvalue weighted by molar-refractivity contribution is -0.119. The SMILES string of the molecule is CC(=O)NCc1ccc(C(=O)NC(=NC[C@H]2CCCO2)Nc2cccc(Br)c2)cc1. The van der Waals surface area contributed by atoms with Crippen LogP contribution in [0.3, 0.4) is 0 Å². The zero-order valence-corrected chi connectivity index (χ0v) is 18.4. The van der Waals surface area contributed by atoms with Crippen LogP contribution in [0.2, 0.25) is 0 Å². The van der Waals surface area contributed by atoms with Crippen LogP contribution in [0.15, 0.2) is 58.0 Å². The first-order valence-electron chi connectivity index (χ1n) is 9.83. The molecule has 1 aliphatic rings. The largest absolute Gasteiger partial charge is 0.376 e. The van der Waals surface area contributed by atoms with Gasteiger partial charge in [0.1, 0.15) is 0 Å². The Morgan fingerprint density at radius 2 is 2.00 bits per heavy atom. The Bertz CT molecular complexity index is 909. The highest BCUT2D eigenvalue weighted by Crippen LogP contribution is 2.16. The number of rotatable bonds is 6. The molecule has 2 amide bonds. The molecule has 0 radical (unpaired) electrons. The fourth-order valence-corrected chi connectivity index (χ4v) is 3.37. The third-order valence-corrected chi connectivity index (χ3v) is 5.05. The van der Waals surface area contributed by atoms with Crippen LogP contribution in [0, 0.1) is 0 Å². The van der Waals surface area contributed by atoms with Crippen molar-refractivity contribution in [3.63, 3.8) is 0 Å². The van der Waals surface area contributed by atoms with E-state index < -0.39 is 0 Å². The summed E-state index contributed by atoms with van der Waals surface area (Å²) in [7, 11) is 0. The molecule has 0 aromatic heterocycles. The molecular formula is C22H25BrN4O3. The highest BCUT2D eigenvalue weighted by atomic mass is 79.9. The van der Waals surface area contributed by atoms with Crippen molar-refractivity contribution in [2.24, 2.45) is 4.99 Å². The summed E-state index contributed by atoms with van der Waals surface area (Å²) in [5.41, 5.74) is 2.23. The van der Waals surface area contributed by atoms with E-state index in [0.29, 0.717) is 24.6 Å². The lowest BCUT2D eigenvalue weighted by Gasteiger charge is -2.14. The normalized spacial score (nSPS) is 16.2. The number of benzene rings is 2. The molecule has 1 aliphatic heterocycles. The predicted molar refractivity (Wildman–Crippen MR) is 120 cm³/mol. The molecule has 30 heavy (non-hydrogen) atoms. The monoisotopic (exact) mass is 472 g/mol. The molecule has 0 bridgehead atoms. The first kappa shape index (κ1) is 22.0.